The number of nitrogens with zero attached hydrogens (tertiary/aromatic N) is 1. The van der Waals surface area contributed by atoms with Crippen molar-refractivity contribution in [2.75, 3.05) is 7.05 Å². The van der Waals surface area contributed by atoms with Gasteiger partial charge in [-0.3, -0.25) is 4.98 Å². The molecular weight excluding hydrogens is 196 g/mol. The molecule has 1 heterocycles. The topological polar surface area (TPSA) is 24.9 Å². The SMILES string of the molecule is CNC1(Cc2cnc3ccccc3c2)CC1. The molecule has 0 amide bonds. The highest BCUT2D eigenvalue weighted by atomic mass is 15.0. The van der Waals surface area contributed by atoms with E-state index in [2.05, 4.69) is 41.6 Å². The molecule has 1 fully saturated rings. The lowest BCUT2D eigenvalue weighted by Gasteiger charge is -2.13. The van der Waals surface area contributed by atoms with Crippen molar-refractivity contribution in [1.82, 2.24) is 10.3 Å². The highest BCUT2D eigenvalue weighted by molar-refractivity contribution is 5.78. The van der Waals surface area contributed by atoms with E-state index in [0.717, 1.165) is 11.9 Å². The predicted octanol–water partition coefficient (Wildman–Crippen LogP) is 2.53. The van der Waals surface area contributed by atoms with Crippen molar-refractivity contribution in [3.8, 4) is 0 Å². The largest absolute Gasteiger partial charge is 0.314 e. The van der Waals surface area contributed by atoms with E-state index in [1.165, 1.54) is 23.8 Å². The van der Waals surface area contributed by atoms with Crippen LogP contribution in [-0.2, 0) is 6.42 Å². The number of benzene rings is 1. The zero-order valence-corrected chi connectivity index (χ0v) is 9.53. The number of hydrogen-bond donors (Lipinski definition) is 1. The molecule has 1 N–H and O–H groups in total. The van der Waals surface area contributed by atoms with Gasteiger partial charge in [0.25, 0.3) is 0 Å². The molecule has 0 radical (unpaired) electrons. The van der Waals surface area contributed by atoms with Gasteiger partial charge in [-0.1, -0.05) is 18.2 Å². The molecule has 82 valence electrons. The van der Waals surface area contributed by atoms with Crippen LogP contribution in [0, 0.1) is 0 Å². The van der Waals surface area contributed by atoms with Crippen molar-refractivity contribution < 1.29 is 0 Å². The summed E-state index contributed by atoms with van der Waals surface area (Å²) in [5.41, 5.74) is 2.79. The average Bonchev–Trinajstić information content (AvgIpc) is 3.09. The van der Waals surface area contributed by atoms with Gasteiger partial charge >= 0.3 is 0 Å². The standard InChI is InChI=1S/C14H16N2/c1-15-14(6-7-14)9-11-8-12-4-2-3-5-13(12)16-10-11/h2-5,8,10,15H,6-7,9H2,1H3. The number of fused-ring (bicyclic) bond motifs is 1. The molecule has 2 heteroatoms. The Morgan fingerprint density at radius 1 is 1.31 bits per heavy atom. The van der Waals surface area contributed by atoms with Crippen LogP contribution in [0.15, 0.2) is 36.5 Å². The number of aromatic nitrogens is 1. The third-order valence-corrected chi connectivity index (χ3v) is 3.57. The van der Waals surface area contributed by atoms with Gasteiger partial charge in [-0.15, -0.1) is 0 Å². The molecule has 1 aromatic carbocycles. The molecule has 16 heavy (non-hydrogen) atoms. The predicted molar refractivity (Wildman–Crippen MR) is 66.5 cm³/mol. The minimum Gasteiger partial charge on any atom is -0.314 e. The van der Waals surface area contributed by atoms with Crippen LogP contribution in [0.3, 0.4) is 0 Å². The second-order valence-electron chi connectivity index (χ2n) is 4.74. The molecule has 2 aromatic rings. The Bertz CT molecular complexity index is 515. The number of hydrogen-bond acceptors (Lipinski definition) is 2. The number of rotatable bonds is 3. The Morgan fingerprint density at radius 3 is 2.88 bits per heavy atom. The Labute approximate surface area is 95.7 Å². The lowest BCUT2D eigenvalue weighted by atomic mass is 10.0. The lowest BCUT2D eigenvalue weighted by Crippen LogP contribution is -2.29. The zero-order chi connectivity index (χ0) is 11.0. The van der Waals surface area contributed by atoms with Crippen LogP contribution in [0.2, 0.25) is 0 Å². The van der Waals surface area contributed by atoms with E-state index < -0.39 is 0 Å². The van der Waals surface area contributed by atoms with Gasteiger partial charge in [0, 0.05) is 17.1 Å². The second kappa shape index (κ2) is 3.56. The zero-order valence-electron chi connectivity index (χ0n) is 9.53. The lowest BCUT2D eigenvalue weighted by molar-refractivity contribution is 0.548. The summed E-state index contributed by atoms with van der Waals surface area (Å²) < 4.78 is 0. The summed E-state index contributed by atoms with van der Waals surface area (Å²) in [7, 11) is 2.06. The Morgan fingerprint density at radius 2 is 2.12 bits per heavy atom. The maximum atomic E-state index is 4.50. The first-order valence-corrected chi connectivity index (χ1v) is 5.84. The summed E-state index contributed by atoms with van der Waals surface area (Å²) in [4.78, 5) is 4.50. The first kappa shape index (κ1) is 9.79. The first-order chi connectivity index (χ1) is 7.81. The van der Waals surface area contributed by atoms with Gasteiger partial charge in [0.2, 0.25) is 0 Å². The molecule has 0 bridgehead atoms. The van der Waals surface area contributed by atoms with Gasteiger partial charge in [0.1, 0.15) is 0 Å². The van der Waals surface area contributed by atoms with Gasteiger partial charge in [-0.05, 0) is 44.0 Å². The van der Waals surface area contributed by atoms with Gasteiger partial charge in [0.15, 0.2) is 0 Å². The number of para-hydroxylation sites is 1. The van der Waals surface area contributed by atoms with Crippen LogP contribution < -0.4 is 5.32 Å². The van der Waals surface area contributed by atoms with E-state index in [4.69, 9.17) is 0 Å². The van der Waals surface area contributed by atoms with Crippen molar-refractivity contribution in [1.29, 1.82) is 0 Å². The number of likely N-dealkylation sites (N-methyl/N-ethyl adjacent to an activating group) is 1. The number of pyridine rings is 1. The van der Waals surface area contributed by atoms with E-state index in [9.17, 15) is 0 Å². The summed E-state index contributed by atoms with van der Waals surface area (Å²) in [5.74, 6) is 0. The fourth-order valence-corrected chi connectivity index (χ4v) is 2.27. The third-order valence-electron chi connectivity index (χ3n) is 3.57. The highest BCUT2D eigenvalue weighted by Crippen LogP contribution is 2.38. The third kappa shape index (κ3) is 1.69. The summed E-state index contributed by atoms with van der Waals surface area (Å²) in [6, 6.07) is 10.6. The normalized spacial score (nSPS) is 17.6. The summed E-state index contributed by atoms with van der Waals surface area (Å²) in [6.07, 6.45) is 5.69. The van der Waals surface area contributed by atoms with Crippen molar-refractivity contribution in [2.24, 2.45) is 0 Å². The minimum absolute atomic E-state index is 0.365. The Hall–Kier alpha value is -1.41. The van der Waals surface area contributed by atoms with E-state index >= 15 is 0 Å². The fourth-order valence-electron chi connectivity index (χ4n) is 2.27. The van der Waals surface area contributed by atoms with Crippen LogP contribution in [0.1, 0.15) is 18.4 Å². The molecule has 0 unspecified atom stereocenters. The molecule has 0 spiro atoms. The van der Waals surface area contributed by atoms with E-state index in [1.54, 1.807) is 0 Å². The Kier molecular flexibility index (Phi) is 2.18. The molecule has 1 aliphatic carbocycles. The molecule has 0 saturated heterocycles. The van der Waals surface area contributed by atoms with Gasteiger partial charge in [0.05, 0.1) is 5.52 Å². The maximum absolute atomic E-state index is 4.50. The van der Waals surface area contributed by atoms with Crippen molar-refractivity contribution in [3.63, 3.8) is 0 Å². The summed E-state index contributed by atoms with van der Waals surface area (Å²) in [6.45, 7) is 0. The quantitative estimate of drug-likeness (QED) is 0.845. The van der Waals surface area contributed by atoms with E-state index in [1.807, 2.05) is 12.3 Å². The molecular formula is C14H16N2. The van der Waals surface area contributed by atoms with Crippen LogP contribution in [-0.4, -0.2) is 17.6 Å². The molecule has 3 rings (SSSR count). The molecule has 1 aliphatic rings. The summed E-state index contributed by atoms with van der Waals surface area (Å²) >= 11 is 0. The molecule has 0 atom stereocenters. The van der Waals surface area contributed by atoms with Crippen LogP contribution in [0.25, 0.3) is 10.9 Å². The molecule has 1 aromatic heterocycles. The average molecular weight is 212 g/mol. The van der Waals surface area contributed by atoms with Crippen LogP contribution >= 0.6 is 0 Å². The highest BCUT2D eigenvalue weighted by Gasteiger charge is 2.40. The smallest absolute Gasteiger partial charge is 0.0702 e. The van der Waals surface area contributed by atoms with Crippen molar-refractivity contribution >= 4 is 10.9 Å². The minimum atomic E-state index is 0.365. The fraction of sp³-hybridized carbons (Fsp3) is 0.357. The molecule has 2 nitrogen and oxygen atoms in total. The van der Waals surface area contributed by atoms with E-state index in [-0.39, 0.29) is 0 Å². The van der Waals surface area contributed by atoms with Gasteiger partial charge in [-0.2, -0.15) is 0 Å². The monoisotopic (exact) mass is 212 g/mol. The number of nitrogens with one attached hydrogen (secondary N) is 1. The van der Waals surface area contributed by atoms with E-state index in [0.29, 0.717) is 5.54 Å². The van der Waals surface area contributed by atoms with Crippen LogP contribution in [0.4, 0.5) is 0 Å². The van der Waals surface area contributed by atoms with Gasteiger partial charge in [-0.25, -0.2) is 0 Å². The van der Waals surface area contributed by atoms with Crippen molar-refractivity contribution in [2.45, 2.75) is 24.8 Å². The second-order valence-corrected chi connectivity index (χ2v) is 4.74. The van der Waals surface area contributed by atoms with Gasteiger partial charge < -0.3 is 5.32 Å². The maximum Gasteiger partial charge on any atom is 0.0702 e. The summed E-state index contributed by atoms with van der Waals surface area (Å²) in [5, 5.41) is 4.66. The Balaban J connectivity index is 1.93. The first-order valence-electron chi connectivity index (χ1n) is 5.84. The molecule has 1 saturated carbocycles. The molecule has 0 aliphatic heterocycles. The van der Waals surface area contributed by atoms with Crippen molar-refractivity contribution in [3.05, 3.63) is 42.1 Å². The van der Waals surface area contributed by atoms with Crippen LogP contribution in [0.5, 0.6) is 0 Å².